The minimum Gasteiger partial charge on any atom is -0.469 e. The number of esters is 2. The Morgan fingerprint density at radius 1 is 1.05 bits per heavy atom. The molecule has 2 bridgehead atoms. The Morgan fingerprint density at radius 3 is 2.18 bits per heavy atom. The molecule has 0 aromatic carbocycles. The van der Waals surface area contributed by atoms with Crippen LogP contribution in [0.3, 0.4) is 0 Å². The first-order valence-corrected chi connectivity index (χ1v) is 7.17. The average Bonchev–Trinajstić information content (AvgIpc) is 3.05. The van der Waals surface area contributed by atoms with Crippen molar-refractivity contribution in [2.24, 2.45) is 11.8 Å². The minimum absolute atomic E-state index is 0.318. The van der Waals surface area contributed by atoms with Gasteiger partial charge in [-0.1, -0.05) is 0 Å². The van der Waals surface area contributed by atoms with Crippen LogP contribution in [0.1, 0.15) is 26.7 Å². The van der Waals surface area contributed by atoms with E-state index in [2.05, 4.69) is 4.74 Å². The average molecular weight is 316 g/mol. The molecule has 22 heavy (non-hydrogen) atoms. The number of hydrogen-bond acceptors (Lipinski definition) is 8. The van der Waals surface area contributed by atoms with E-state index in [1.165, 1.54) is 7.11 Å². The monoisotopic (exact) mass is 316 g/mol. The van der Waals surface area contributed by atoms with Crippen molar-refractivity contribution in [3.05, 3.63) is 0 Å². The number of hydrogen-bond donors (Lipinski definition) is 0. The van der Waals surface area contributed by atoms with Crippen molar-refractivity contribution in [1.82, 2.24) is 0 Å². The third-order valence-electron chi connectivity index (χ3n) is 3.73. The SMILES string of the molecule is COC(=O)C1C2CCC(O2)C1C(=O)OCOC(=O)OC(C)C. The summed E-state index contributed by atoms with van der Waals surface area (Å²) >= 11 is 0. The van der Waals surface area contributed by atoms with E-state index in [0.717, 1.165) is 0 Å². The highest BCUT2D eigenvalue weighted by Gasteiger charge is 2.56. The predicted molar refractivity (Wildman–Crippen MR) is 70.6 cm³/mol. The van der Waals surface area contributed by atoms with Gasteiger partial charge in [0.25, 0.3) is 0 Å². The fourth-order valence-electron chi connectivity index (χ4n) is 2.87. The van der Waals surface area contributed by atoms with Gasteiger partial charge < -0.3 is 23.7 Å². The number of rotatable bonds is 5. The lowest BCUT2D eigenvalue weighted by molar-refractivity contribution is -0.166. The van der Waals surface area contributed by atoms with Crippen LogP contribution in [0.25, 0.3) is 0 Å². The largest absolute Gasteiger partial charge is 0.511 e. The Morgan fingerprint density at radius 2 is 1.64 bits per heavy atom. The number of methoxy groups -OCH3 is 1. The van der Waals surface area contributed by atoms with Crippen molar-refractivity contribution >= 4 is 18.1 Å². The zero-order valence-electron chi connectivity index (χ0n) is 12.8. The van der Waals surface area contributed by atoms with Gasteiger partial charge in [-0.3, -0.25) is 9.59 Å². The van der Waals surface area contributed by atoms with Gasteiger partial charge in [-0.25, -0.2) is 4.79 Å². The standard InChI is InChI=1S/C14H20O8/c1-7(2)21-14(17)20-6-19-13(16)11-9-5-4-8(22-9)10(11)12(15)18-3/h7-11H,4-6H2,1-3H3. The molecular formula is C14H20O8. The van der Waals surface area contributed by atoms with Crippen LogP contribution >= 0.6 is 0 Å². The van der Waals surface area contributed by atoms with Crippen molar-refractivity contribution in [2.75, 3.05) is 13.9 Å². The minimum atomic E-state index is -0.920. The van der Waals surface area contributed by atoms with Crippen LogP contribution < -0.4 is 0 Å². The summed E-state index contributed by atoms with van der Waals surface area (Å²) < 4.78 is 24.6. The third kappa shape index (κ3) is 3.49. The first-order valence-electron chi connectivity index (χ1n) is 7.17. The summed E-state index contributed by atoms with van der Waals surface area (Å²) in [5, 5.41) is 0. The summed E-state index contributed by atoms with van der Waals surface area (Å²) in [5.74, 6) is -2.52. The second-order valence-electron chi connectivity index (χ2n) is 5.51. The third-order valence-corrected chi connectivity index (χ3v) is 3.73. The number of ether oxygens (including phenoxy) is 5. The van der Waals surface area contributed by atoms with E-state index >= 15 is 0 Å². The van der Waals surface area contributed by atoms with Crippen molar-refractivity contribution in [1.29, 1.82) is 0 Å². The van der Waals surface area contributed by atoms with Gasteiger partial charge in [0, 0.05) is 0 Å². The van der Waals surface area contributed by atoms with Gasteiger partial charge in [0.05, 0.1) is 37.3 Å². The Balaban J connectivity index is 1.86. The van der Waals surface area contributed by atoms with Crippen LogP contribution in [0.5, 0.6) is 0 Å². The predicted octanol–water partition coefficient (Wildman–Crippen LogP) is 1.02. The number of fused-ring (bicyclic) bond motifs is 2. The zero-order valence-corrected chi connectivity index (χ0v) is 12.8. The summed E-state index contributed by atoms with van der Waals surface area (Å²) in [6, 6.07) is 0. The molecule has 124 valence electrons. The van der Waals surface area contributed by atoms with Gasteiger partial charge in [0.2, 0.25) is 6.79 Å². The molecule has 4 atom stereocenters. The second kappa shape index (κ2) is 6.95. The molecular weight excluding hydrogens is 296 g/mol. The van der Waals surface area contributed by atoms with Crippen LogP contribution in [-0.4, -0.2) is 50.3 Å². The van der Waals surface area contributed by atoms with E-state index < -0.39 is 36.7 Å². The summed E-state index contributed by atoms with van der Waals surface area (Å²) in [6.45, 7) is 2.77. The summed E-state index contributed by atoms with van der Waals surface area (Å²) in [4.78, 5) is 35.1. The second-order valence-corrected chi connectivity index (χ2v) is 5.51. The molecule has 0 aromatic heterocycles. The molecule has 0 saturated carbocycles. The van der Waals surface area contributed by atoms with Gasteiger partial charge in [0.1, 0.15) is 0 Å². The van der Waals surface area contributed by atoms with E-state index in [4.69, 9.17) is 18.9 Å². The Hall–Kier alpha value is -1.83. The molecule has 2 fully saturated rings. The van der Waals surface area contributed by atoms with E-state index in [-0.39, 0.29) is 18.3 Å². The summed E-state index contributed by atoms with van der Waals surface area (Å²) in [6.07, 6.45) is -0.520. The number of carbonyl (C=O) groups is 3. The van der Waals surface area contributed by atoms with E-state index in [0.29, 0.717) is 12.8 Å². The molecule has 0 amide bonds. The van der Waals surface area contributed by atoms with Crippen molar-refractivity contribution < 1.29 is 38.1 Å². The molecule has 0 spiro atoms. The van der Waals surface area contributed by atoms with Crippen LogP contribution in [0.2, 0.25) is 0 Å². The zero-order chi connectivity index (χ0) is 16.3. The molecule has 4 unspecified atom stereocenters. The maximum Gasteiger partial charge on any atom is 0.511 e. The van der Waals surface area contributed by atoms with E-state index in [9.17, 15) is 14.4 Å². The molecule has 2 aliphatic rings. The van der Waals surface area contributed by atoms with Crippen LogP contribution in [-0.2, 0) is 33.3 Å². The van der Waals surface area contributed by atoms with E-state index in [1.807, 2.05) is 0 Å². The van der Waals surface area contributed by atoms with Crippen molar-refractivity contribution in [3.8, 4) is 0 Å². The summed E-state index contributed by atoms with van der Waals surface area (Å²) in [7, 11) is 1.27. The first kappa shape index (κ1) is 16.5. The highest BCUT2D eigenvalue weighted by Crippen LogP contribution is 2.44. The van der Waals surface area contributed by atoms with Gasteiger partial charge in [0.15, 0.2) is 0 Å². The maximum absolute atomic E-state index is 12.1. The normalized spacial score (nSPS) is 29.3. The van der Waals surface area contributed by atoms with E-state index in [1.54, 1.807) is 13.8 Å². The number of carbonyl (C=O) groups excluding carboxylic acids is 3. The lowest BCUT2D eigenvalue weighted by atomic mass is 9.79. The molecule has 0 aromatic rings. The molecule has 0 aliphatic carbocycles. The molecule has 8 nitrogen and oxygen atoms in total. The molecule has 2 rings (SSSR count). The van der Waals surface area contributed by atoms with Crippen molar-refractivity contribution in [3.63, 3.8) is 0 Å². The highest BCUT2D eigenvalue weighted by molar-refractivity contribution is 5.84. The Kier molecular flexibility index (Phi) is 5.23. The fourth-order valence-corrected chi connectivity index (χ4v) is 2.87. The first-order chi connectivity index (χ1) is 10.4. The highest BCUT2D eigenvalue weighted by atomic mass is 16.8. The molecule has 0 N–H and O–H groups in total. The lowest BCUT2D eigenvalue weighted by Gasteiger charge is -2.24. The Labute approximate surface area is 128 Å². The summed E-state index contributed by atoms with van der Waals surface area (Å²) in [5.41, 5.74) is 0. The molecule has 8 heteroatoms. The molecule has 2 heterocycles. The lowest BCUT2D eigenvalue weighted by Crippen LogP contribution is -2.40. The Bertz CT molecular complexity index is 446. The van der Waals surface area contributed by atoms with Gasteiger partial charge in [-0.2, -0.15) is 0 Å². The topological polar surface area (TPSA) is 97.4 Å². The van der Waals surface area contributed by atoms with Crippen LogP contribution in [0, 0.1) is 11.8 Å². The van der Waals surface area contributed by atoms with Gasteiger partial charge >= 0.3 is 18.1 Å². The van der Waals surface area contributed by atoms with Crippen LogP contribution in [0.4, 0.5) is 4.79 Å². The maximum atomic E-state index is 12.1. The van der Waals surface area contributed by atoms with Crippen molar-refractivity contribution in [2.45, 2.75) is 45.0 Å². The van der Waals surface area contributed by atoms with Gasteiger partial charge in [-0.05, 0) is 26.7 Å². The smallest absolute Gasteiger partial charge is 0.469 e. The molecule has 2 aliphatic heterocycles. The van der Waals surface area contributed by atoms with Gasteiger partial charge in [-0.15, -0.1) is 0 Å². The van der Waals surface area contributed by atoms with Crippen LogP contribution in [0.15, 0.2) is 0 Å². The fraction of sp³-hybridized carbons (Fsp3) is 0.786. The quantitative estimate of drug-likeness (QED) is 0.421. The molecule has 0 radical (unpaired) electrons. The molecule has 2 saturated heterocycles.